The lowest BCUT2D eigenvalue weighted by atomic mass is 10.2. The van der Waals surface area contributed by atoms with E-state index in [4.69, 9.17) is 9.15 Å². The van der Waals surface area contributed by atoms with Crippen molar-refractivity contribution < 1.29 is 13.9 Å². The van der Waals surface area contributed by atoms with Crippen molar-refractivity contribution in [3.8, 4) is 0 Å². The molecule has 0 unspecified atom stereocenters. The van der Waals surface area contributed by atoms with E-state index >= 15 is 0 Å². The van der Waals surface area contributed by atoms with Crippen molar-refractivity contribution in [3.63, 3.8) is 0 Å². The lowest BCUT2D eigenvalue weighted by molar-refractivity contribution is 0.102. The number of Topliss-reactive ketones (excluding diaryl/α,β-unsaturated/α-hetero) is 1. The molecule has 126 valence electrons. The zero-order valence-corrected chi connectivity index (χ0v) is 15.4. The highest BCUT2D eigenvalue weighted by molar-refractivity contribution is 7.99. The molecule has 0 saturated heterocycles. The predicted molar refractivity (Wildman–Crippen MR) is 92.4 cm³/mol. The van der Waals surface area contributed by atoms with Crippen molar-refractivity contribution in [1.29, 1.82) is 0 Å². The number of carbonyl (C=O) groups excluding carboxylic acids is 1. The topological polar surface area (TPSA) is 70.2 Å². The highest BCUT2D eigenvalue weighted by atomic mass is 32.2. The molecule has 2 rings (SSSR count). The molecule has 0 atom stereocenters. The molecule has 8 heteroatoms. The Balaban J connectivity index is 2.00. The largest absolute Gasteiger partial charge is 0.415 e. The van der Waals surface area contributed by atoms with Crippen LogP contribution in [0, 0.1) is 13.8 Å². The number of aryl methyl sites for hydroxylation is 1. The molecule has 0 aliphatic carbocycles. The third kappa shape index (κ3) is 4.62. The van der Waals surface area contributed by atoms with Gasteiger partial charge in [-0.3, -0.25) is 4.79 Å². The number of ether oxygens (including phenoxy) is 1. The molecular formula is C15H21N3O3S2. The SMILES string of the molecule is COCCn1c(C)cc(C(=O)CSc2nnc(CSC)o2)c1C. The number of carbonyl (C=O) groups is 1. The van der Waals surface area contributed by atoms with Crippen LogP contribution in [0.15, 0.2) is 15.7 Å². The summed E-state index contributed by atoms with van der Waals surface area (Å²) in [4.78, 5) is 12.5. The van der Waals surface area contributed by atoms with E-state index in [0.29, 0.717) is 23.5 Å². The molecule has 0 aromatic carbocycles. The van der Waals surface area contributed by atoms with Crippen LogP contribution in [0.25, 0.3) is 0 Å². The highest BCUT2D eigenvalue weighted by Gasteiger charge is 2.17. The Morgan fingerprint density at radius 3 is 2.87 bits per heavy atom. The fourth-order valence-electron chi connectivity index (χ4n) is 2.29. The maximum absolute atomic E-state index is 12.5. The molecule has 23 heavy (non-hydrogen) atoms. The number of methoxy groups -OCH3 is 1. The number of rotatable bonds is 9. The Labute approximate surface area is 144 Å². The predicted octanol–water partition coefficient (Wildman–Crippen LogP) is 2.97. The lowest BCUT2D eigenvalue weighted by Gasteiger charge is -2.08. The van der Waals surface area contributed by atoms with Gasteiger partial charge in [0.2, 0.25) is 5.89 Å². The standard InChI is InChI=1S/C15H21N3O3S2/c1-10-7-12(11(2)18(10)5-6-20-3)13(19)8-23-15-17-16-14(21-15)9-22-4/h7H,5-6,8-9H2,1-4H3. The second-order valence-corrected chi connectivity index (χ2v) is 6.83. The van der Waals surface area contributed by atoms with Crippen molar-refractivity contribution in [2.45, 2.75) is 31.4 Å². The summed E-state index contributed by atoms with van der Waals surface area (Å²) < 4.78 is 12.7. The molecule has 0 saturated carbocycles. The molecule has 2 aromatic rings. The zero-order valence-electron chi connectivity index (χ0n) is 13.8. The normalized spacial score (nSPS) is 11.1. The van der Waals surface area contributed by atoms with Gasteiger partial charge in [0.1, 0.15) is 0 Å². The van der Waals surface area contributed by atoms with Crippen molar-refractivity contribution in [1.82, 2.24) is 14.8 Å². The first kappa shape index (κ1) is 18.1. The summed E-state index contributed by atoms with van der Waals surface area (Å²) in [6.45, 7) is 5.33. The Hall–Kier alpha value is -1.25. The van der Waals surface area contributed by atoms with Crippen LogP contribution < -0.4 is 0 Å². The van der Waals surface area contributed by atoms with Crippen molar-refractivity contribution >= 4 is 29.3 Å². The number of ketones is 1. The lowest BCUT2D eigenvalue weighted by Crippen LogP contribution is -2.09. The average Bonchev–Trinajstić information content (AvgIpc) is 3.09. The molecular weight excluding hydrogens is 334 g/mol. The van der Waals surface area contributed by atoms with Gasteiger partial charge in [0.05, 0.1) is 18.1 Å². The molecule has 0 fully saturated rings. The summed E-state index contributed by atoms with van der Waals surface area (Å²) in [5.74, 6) is 1.62. The number of hydrogen-bond acceptors (Lipinski definition) is 7. The summed E-state index contributed by atoms with van der Waals surface area (Å²) >= 11 is 2.90. The van der Waals surface area contributed by atoms with Crippen LogP contribution in [0.5, 0.6) is 0 Å². The number of hydrogen-bond donors (Lipinski definition) is 0. The van der Waals surface area contributed by atoms with E-state index in [1.54, 1.807) is 18.9 Å². The monoisotopic (exact) mass is 355 g/mol. The quantitative estimate of drug-likeness (QED) is 0.506. The van der Waals surface area contributed by atoms with Crippen LogP contribution in [-0.4, -0.2) is 46.3 Å². The van der Waals surface area contributed by atoms with E-state index in [2.05, 4.69) is 14.8 Å². The number of aromatic nitrogens is 3. The molecule has 0 N–H and O–H groups in total. The summed E-state index contributed by atoms with van der Waals surface area (Å²) in [6, 6.07) is 1.93. The summed E-state index contributed by atoms with van der Waals surface area (Å²) in [7, 11) is 1.67. The molecule has 0 radical (unpaired) electrons. The van der Waals surface area contributed by atoms with E-state index in [0.717, 1.165) is 23.5 Å². The van der Waals surface area contributed by atoms with E-state index in [9.17, 15) is 4.79 Å². The third-order valence-electron chi connectivity index (χ3n) is 3.44. The first-order chi connectivity index (χ1) is 11.1. The Bertz CT molecular complexity index is 667. The van der Waals surface area contributed by atoms with Gasteiger partial charge in [0, 0.05) is 30.6 Å². The van der Waals surface area contributed by atoms with E-state index in [1.807, 2.05) is 26.2 Å². The minimum atomic E-state index is 0.0661. The molecule has 0 spiro atoms. The van der Waals surface area contributed by atoms with Crippen LogP contribution in [0.2, 0.25) is 0 Å². The molecule has 2 aromatic heterocycles. The minimum Gasteiger partial charge on any atom is -0.415 e. The second kappa shape index (κ2) is 8.56. The molecule has 0 aliphatic rings. The molecule has 0 aliphatic heterocycles. The number of nitrogens with zero attached hydrogens (tertiary/aromatic N) is 3. The van der Waals surface area contributed by atoms with E-state index < -0.39 is 0 Å². The Kier molecular flexibility index (Phi) is 6.73. The van der Waals surface area contributed by atoms with Crippen LogP contribution >= 0.6 is 23.5 Å². The average molecular weight is 355 g/mol. The zero-order chi connectivity index (χ0) is 16.8. The minimum absolute atomic E-state index is 0.0661. The van der Waals surface area contributed by atoms with Gasteiger partial charge in [-0.1, -0.05) is 11.8 Å². The fourth-order valence-corrected chi connectivity index (χ4v) is 3.32. The maximum Gasteiger partial charge on any atom is 0.277 e. The van der Waals surface area contributed by atoms with Gasteiger partial charge in [0.25, 0.3) is 5.22 Å². The maximum atomic E-state index is 12.5. The fraction of sp³-hybridized carbons (Fsp3) is 0.533. The van der Waals surface area contributed by atoms with Crippen molar-refractivity contribution in [2.24, 2.45) is 0 Å². The van der Waals surface area contributed by atoms with Gasteiger partial charge in [0.15, 0.2) is 5.78 Å². The first-order valence-corrected chi connectivity index (χ1v) is 9.57. The molecule has 0 bridgehead atoms. The van der Waals surface area contributed by atoms with Crippen LogP contribution in [-0.2, 0) is 17.0 Å². The summed E-state index contributed by atoms with van der Waals surface area (Å²) in [6.07, 6.45) is 1.97. The van der Waals surface area contributed by atoms with E-state index in [1.165, 1.54) is 11.8 Å². The first-order valence-electron chi connectivity index (χ1n) is 7.19. The van der Waals surface area contributed by atoms with Crippen LogP contribution in [0.1, 0.15) is 27.6 Å². The van der Waals surface area contributed by atoms with Gasteiger partial charge in [-0.25, -0.2) is 0 Å². The van der Waals surface area contributed by atoms with Crippen LogP contribution in [0.4, 0.5) is 0 Å². The van der Waals surface area contributed by atoms with Crippen LogP contribution in [0.3, 0.4) is 0 Å². The van der Waals surface area contributed by atoms with Gasteiger partial charge in [-0.05, 0) is 26.2 Å². The van der Waals surface area contributed by atoms with Gasteiger partial charge in [-0.15, -0.1) is 10.2 Å². The smallest absolute Gasteiger partial charge is 0.277 e. The highest BCUT2D eigenvalue weighted by Crippen LogP contribution is 2.22. The van der Waals surface area contributed by atoms with Gasteiger partial charge in [-0.2, -0.15) is 11.8 Å². The van der Waals surface area contributed by atoms with Crippen molar-refractivity contribution in [3.05, 3.63) is 28.9 Å². The van der Waals surface area contributed by atoms with Gasteiger partial charge < -0.3 is 13.7 Å². The molecule has 2 heterocycles. The molecule has 6 nitrogen and oxygen atoms in total. The van der Waals surface area contributed by atoms with Crippen molar-refractivity contribution in [2.75, 3.05) is 25.7 Å². The van der Waals surface area contributed by atoms with E-state index in [-0.39, 0.29) is 11.5 Å². The van der Waals surface area contributed by atoms with Gasteiger partial charge >= 0.3 is 0 Å². The Morgan fingerprint density at radius 1 is 1.39 bits per heavy atom. The second-order valence-electron chi connectivity index (χ2n) is 5.04. The Morgan fingerprint density at radius 2 is 2.17 bits per heavy atom. The third-order valence-corrected chi connectivity index (χ3v) is 4.79. The number of thioether (sulfide) groups is 2. The summed E-state index contributed by atoms with van der Waals surface area (Å²) in [5.41, 5.74) is 2.78. The summed E-state index contributed by atoms with van der Waals surface area (Å²) in [5, 5.41) is 8.32. The molecule has 0 amide bonds.